The molecular formula is C23H27N3O4. The van der Waals surface area contributed by atoms with Gasteiger partial charge >= 0.3 is 0 Å². The maximum absolute atomic E-state index is 5.94. The average molecular weight is 409 g/mol. The largest absolute Gasteiger partial charge is 0.496 e. The Bertz CT molecular complexity index is 982. The normalized spacial score (nSPS) is 16.3. The lowest BCUT2D eigenvalue weighted by Crippen LogP contribution is -2.40. The van der Waals surface area contributed by atoms with Crippen LogP contribution in [-0.4, -0.2) is 56.7 Å². The zero-order valence-electron chi connectivity index (χ0n) is 17.6. The molecule has 1 aromatic heterocycles. The molecule has 7 heteroatoms. The number of benzene rings is 2. The average Bonchev–Trinajstić information content (AvgIpc) is 3.22. The van der Waals surface area contributed by atoms with Gasteiger partial charge in [-0.15, -0.1) is 0 Å². The van der Waals surface area contributed by atoms with Crippen molar-refractivity contribution in [2.24, 2.45) is 0 Å². The fraction of sp³-hybridized carbons (Fsp3) is 0.348. The third-order valence-corrected chi connectivity index (χ3v) is 5.25. The zero-order valence-corrected chi connectivity index (χ0v) is 17.6. The summed E-state index contributed by atoms with van der Waals surface area (Å²) in [6.07, 6.45) is 1.94. The highest BCUT2D eigenvalue weighted by Gasteiger charge is 2.23. The number of nitrogens with zero attached hydrogens (tertiary/aromatic N) is 2. The van der Waals surface area contributed by atoms with E-state index in [2.05, 4.69) is 22.0 Å². The van der Waals surface area contributed by atoms with Crippen molar-refractivity contribution in [3.8, 4) is 39.8 Å². The number of ether oxygens (including phenoxy) is 4. The molecule has 1 aliphatic rings. The number of morpholine rings is 1. The van der Waals surface area contributed by atoms with Crippen molar-refractivity contribution in [3.63, 3.8) is 0 Å². The van der Waals surface area contributed by atoms with E-state index in [-0.39, 0.29) is 6.10 Å². The number of nitrogens with one attached hydrogen (secondary N) is 1. The third-order valence-electron chi connectivity index (χ3n) is 5.25. The SMILES string of the molecule is COc1cc(OC)c(-c2c(-c3ccccc3)ncn2CC2CNCCO2)cc1OC. The van der Waals surface area contributed by atoms with E-state index in [0.717, 1.165) is 35.6 Å². The molecule has 1 saturated heterocycles. The van der Waals surface area contributed by atoms with Crippen LogP contribution in [0.3, 0.4) is 0 Å². The minimum Gasteiger partial charge on any atom is -0.496 e. The molecule has 3 aromatic rings. The van der Waals surface area contributed by atoms with Crippen LogP contribution in [0.25, 0.3) is 22.5 Å². The first-order chi connectivity index (χ1) is 14.7. The monoisotopic (exact) mass is 409 g/mol. The Balaban J connectivity index is 1.87. The Morgan fingerprint density at radius 3 is 2.43 bits per heavy atom. The first kappa shape index (κ1) is 20.3. The molecule has 30 heavy (non-hydrogen) atoms. The standard InChI is InChI=1S/C23H27N3O4/c1-27-19-12-21(29-3)20(28-2)11-18(19)23-22(16-7-5-4-6-8-16)25-15-26(23)14-17-13-24-9-10-30-17/h4-8,11-12,15,17,24H,9-10,13-14H2,1-3H3. The van der Waals surface area contributed by atoms with Gasteiger partial charge in [-0.05, 0) is 6.07 Å². The number of aromatic nitrogens is 2. The lowest BCUT2D eigenvalue weighted by atomic mass is 10.0. The molecule has 0 saturated carbocycles. The van der Waals surface area contributed by atoms with E-state index < -0.39 is 0 Å². The second-order valence-electron chi connectivity index (χ2n) is 7.06. The van der Waals surface area contributed by atoms with Crippen LogP contribution >= 0.6 is 0 Å². The van der Waals surface area contributed by atoms with Gasteiger partial charge < -0.3 is 28.8 Å². The Labute approximate surface area is 176 Å². The summed E-state index contributed by atoms with van der Waals surface area (Å²) in [6.45, 7) is 3.08. The van der Waals surface area contributed by atoms with Crippen LogP contribution in [-0.2, 0) is 11.3 Å². The molecular weight excluding hydrogens is 382 g/mol. The number of rotatable bonds is 7. The molecule has 1 aliphatic heterocycles. The molecule has 2 aromatic carbocycles. The van der Waals surface area contributed by atoms with Crippen LogP contribution in [0.4, 0.5) is 0 Å². The van der Waals surface area contributed by atoms with E-state index in [0.29, 0.717) is 30.4 Å². The molecule has 0 radical (unpaired) electrons. The van der Waals surface area contributed by atoms with Crippen LogP contribution in [0.1, 0.15) is 0 Å². The molecule has 1 fully saturated rings. The second kappa shape index (κ2) is 9.19. The second-order valence-corrected chi connectivity index (χ2v) is 7.06. The molecule has 1 N–H and O–H groups in total. The summed E-state index contributed by atoms with van der Waals surface area (Å²) in [4.78, 5) is 4.76. The van der Waals surface area contributed by atoms with Gasteiger partial charge in [0.15, 0.2) is 11.5 Å². The van der Waals surface area contributed by atoms with E-state index in [1.165, 1.54) is 0 Å². The van der Waals surface area contributed by atoms with E-state index >= 15 is 0 Å². The van der Waals surface area contributed by atoms with E-state index in [1.54, 1.807) is 21.3 Å². The van der Waals surface area contributed by atoms with Crippen LogP contribution in [0.15, 0.2) is 48.8 Å². The summed E-state index contributed by atoms with van der Waals surface area (Å²) in [6, 6.07) is 13.9. The van der Waals surface area contributed by atoms with Gasteiger partial charge in [-0.2, -0.15) is 0 Å². The van der Waals surface area contributed by atoms with Gasteiger partial charge in [-0.25, -0.2) is 4.98 Å². The zero-order chi connectivity index (χ0) is 20.9. The van der Waals surface area contributed by atoms with Crippen LogP contribution in [0.5, 0.6) is 17.2 Å². The quantitative estimate of drug-likeness (QED) is 0.646. The molecule has 0 amide bonds. The predicted octanol–water partition coefficient (Wildman–Crippen LogP) is 3.23. The van der Waals surface area contributed by atoms with E-state index in [9.17, 15) is 0 Å². The minimum atomic E-state index is 0.0708. The molecule has 0 spiro atoms. The fourth-order valence-corrected chi connectivity index (χ4v) is 3.78. The molecule has 0 aliphatic carbocycles. The smallest absolute Gasteiger partial charge is 0.164 e. The molecule has 1 atom stereocenters. The van der Waals surface area contributed by atoms with Gasteiger partial charge in [-0.3, -0.25) is 0 Å². The topological polar surface area (TPSA) is 66.8 Å². The van der Waals surface area contributed by atoms with Gasteiger partial charge in [0.1, 0.15) is 5.75 Å². The first-order valence-electron chi connectivity index (χ1n) is 9.98. The summed E-state index contributed by atoms with van der Waals surface area (Å²) < 4.78 is 24.8. The number of imidazole rings is 1. The fourth-order valence-electron chi connectivity index (χ4n) is 3.78. The molecule has 0 bridgehead atoms. The third kappa shape index (κ3) is 3.99. The maximum Gasteiger partial charge on any atom is 0.164 e. The Morgan fingerprint density at radius 1 is 1.03 bits per heavy atom. The van der Waals surface area contributed by atoms with Crippen LogP contribution in [0, 0.1) is 0 Å². The van der Waals surface area contributed by atoms with E-state index in [4.69, 9.17) is 23.9 Å². The lowest BCUT2D eigenvalue weighted by molar-refractivity contribution is 0.0184. The molecule has 158 valence electrons. The van der Waals surface area contributed by atoms with Crippen LogP contribution < -0.4 is 19.5 Å². The summed E-state index contributed by atoms with van der Waals surface area (Å²) in [7, 11) is 4.90. The summed E-state index contributed by atoms with van der Waals surface area (Å²) in [5, 5.41) is 3.39. The van der Waals surface area contributed by atoms with Crippen LogP contribution in [0.2, 0.25) is 0 Å². The Morgan fingerprint density at radius 2 is 1.77 bits per heavy atom. The van der Waals surface area contributed by atoms with Gasteiger partial charge in [0.25, 0.3) is 0 Å². The van der Waals surface area contributed by atoms with Gasteiger partial charge in [0.2, 0.25) is 0 Å². The molecule has 7 nitrogen and oxygen atoms in total. The highest BCUT2D eigenvalue weighted by Crippen LogP contribution is 2.43. The highest BCUT2D eigenvalue weighted by molar-refractivity contribution is 5.83. The summed E-state index contributed by atoms with van der Waals surface area (Å²) >= 11 is 0. The molecule has 2 heterocycles. The number of hydrogen-bond acceptors (Lipinski definition) is 6. The van der Waals surface area contributed by atoms with Gasteiger partial charge in [0.05, 0.1) is 58.3 Å². The number of hydrogen-bond donors (Lipinski definition) is 1. The van der Waals surface area contributed by atoms with Crippen molar-refractivity contribution in [1.29, 1.82) is 0 Å². The van der Waals surface area contributed by atoms with Crippen molar-refractivity contribution in [1.82, 2.24) is 14.9 Å². The first-order valence-corrected chi connectivity index (χ1v) is 9.98. The maximum atomic E-state index is 5.94. The Kier molecular flexibility index (Phi) is 6.21. The Hall–Kier alpha value is -3.03. The van der Waals surface area contributed by atoms with Crippen molar-refractivity contribution in [3.05, 3.63) is 48.8 Å². The van der Waals surface area contributed by atoms with Crippen molar-refractivity contribution < 1.29 is 18.9 Å². The van der Waals surface area contributed by atoms with Crippen molar-refractivity contribution in [2.75, 3.05) is 41.0 Å². The van der Waals surface area contributed by atoms with Gasteiger partial charge in [-0.1, -0.05) is 30.3 Å². The number of methoxy groups -OCH3 is 3. The minimum absolute atomic E-state index is 0.0708. The molecule has 4 rings (SSSR count). The highest BCUT2D eigenvalue weighted by atomic mass is 16.5. The predicted molar refractivity (Wildman–Crippen MR) is 115 cm³/mol. The van der Waals surface area contributed by atoms with Crippen molar-refractivity contribution >= 4 is 0 Å². The molecule has 1 unspecified atom stereocenters. The van der Waals surface area contributed by atoms with Crippen molar-refractivity contribution in [2.45, 2.75) is 12.6 Å². The van der Waals surface area contributed by atoms with E-state index in [1.807, 2.05) is 36.7 Å². The lowest BCUT2D eigenvalue weighted by Gasteiger charge is -2.25. The summed E-state index contributed by atoms with van der Waals surface area (Å²) in [5.41, 5.74) is 3.75. The summed E-state index contributed by atoms with van der Waals surface area (Å²) in [5.74, 6) is 1.94. The van der Waals surface area contributed by atoms with Gasteiger partial charge in [0, 0.05) is 30.3 Å².